The number of nitrogens with two attached hydrogens (primary N) is 1. The van der Waals surface area contributed by atoms with Crippen molar-refractivity contribution in [2.75, 3.05) is 18.5 Å². The van der Waals surface area contributed by atoms with Crippen molar-refractivity contribution in [3.8, 4) is 5.75 Å². The Morgan fingerprint density at radius 2 is 2.00 bits per heavy atom. The summed E-state index contributed by atoms with van der Waals surface area (Å²) in [5, 5.41) is 2.88. The van der Waals surface area contributed by atoms with Gasteiger partial charge < -0.3 is 20.5 Å². The number of hydrogen-bond donors (Lipinski definition) is 2. The van der Waals surface area contributed by atoms with Gasteiger partial charge in [-0.25, -0.2) is 0 Å². The Labute approximate surface area is 165 Å². The van der Waals surface area contributed by atoms with E-state index in [0.717, 1.165) is 5.56 Å². The number of halogens is 2. The second-order valence-electron chi connectivity index (χ2n) is 5.90. The monoisotopic (exact) mass is 399 g/mol. The van der Waals surface area contributed by atoms with Crippen molar-refractivity contribution in [2.24, 2.45) is 5.73 Å². The van der Waals surface area contributed by atoms with Crippen LogP contribution < -0.4 is 15.8 Å². The maximum atomic E-state index is 12.4. The summed E-state index contributed by atoms with van der Waals surface area (Å²) in [6.07, 6.45) is 4.53. The maximum Gasteiger partial charge on any atom is 0.244 e. The Kier molecular flexibility index (Phi) is 8.81. The van der Waals surface area contributed by atoms with Crippen molar-refractivity contribution in [1.29, 1.82) is 0 Å². The number of rotatable bonds is 5. The largest absolute Gasteiger partial charge is 0.489 e. The first kappa shape index (κ1) is 22.2. The number of amides is 1. The molecular weight excluding hydrogens is 377 g/mol. The zero-order valence-electron chi connectivity index (χ0n) is 14.2. The summed E-state index contributed by atoms with van der Waals surface area (Å²) in [7, 11) is 0. The molecule has 1 aliphatic rings. The van der Waals surface area contributed by atoms with E-state index in [1.807, 2.05) is 30.3 Å². The Morgan fingerprint density at radius 1 is 1.23 bits per heavy atom. The first-order valence-electron chi connectivity index (χ1n) is 7.96. The summed E-state index contributed by atoms with van der Waals surface area (Å²) in [6.45, 7) is 1.44. The molecule has 1 saturated heterocycles. The Morgan fingerprint density at radius 3 is 2.69 bits per heavy atom. The van der Waals surface area contributed by atoms with Gasteiger partial charge in [-0.05, 0) is 31.0 Å². The van der Waals surface area contributed by atoms with Gasteiger partial charge in [0.05, 0.1) is 0 Å². The maximum absolute atomic E-state index is 12.4. The summed E-state index contributed by atoms with van der Waals surface area (Å²) in [5.41, 5.74) is 6.97. The van der Waals surface area contributed by atoms with Crippen LogP contribution in [0.25, 0.3) is 0 Å². The quantitative estimate of drug-likeness (QED) is 0.806. The molecule has 1 aliphatic heterocycles. The van der Waals surface area contributed by atoms with Crippen LogP contribution in [-0.4, -0.2) is 29.6 Å². The Bertz CT molecular complexity index is 695. The van der Waals surface area contributed by atoms with E-state index in [1.165, 1.54) is 0 Å². The molecule has 0 spiro atoms. The number of pyridine rings is 1. The van der Waals surface area contributed by atoms with Gasteiger partial charge in [0, 0.05) is 42.9 Å². The number of benzene rings is 1. The molecule has 2 aromatic rings. The molecule has 0 atom stereocenters. The van der Waals surface area contributed by atoms with Gasteiger partial charge in [0.15, 0.2) is 0 Å². The lowest BCUT2D eigenvalue weighted by molar-refractivity contribution is -0.124. The number of anilines is 1. The van der Waals surface area contributed by atoms with Crippen LogP contribution in [-0.2, 0) is 16.1 Å². The highest BCUT2D eigenvalue weighted by Gasteiger charge is 2.35. The van der Waals surface area contributed by atoms with E-state index in [2.05, 4.69) is 10.3 Å². The van der Waals surface area contributed by atoms with Gasteiger partial charge in [-0.15, -0.1) is 24.8 Å². The average Bonchev–Trinajstić information content (AvgIpc) is 2.62. The topological polar surface area (TPSA) is 86.5 Å². The van der Waals surface area contributed by atoms with Crippen molar-refractivity contribution >= 4 is 36.4 Å². The SMILES string of the molecule is Cl.Cl.NC1(C(=O)Nc2cccc(OCc3cccnc3)c2)CCOCC1. The van der Waals surface area contributed by atoms with Crippen LogP contribution in [0.3, 0.4) is 0 Å². The van der Waals surface area contributed by atoms with Crippen LogP contribution in [0.5, 0.6) is 5.75 Å². The van der Waals surface area contributed by atoms with E-state index >= 15 is 0 Å². The molecule has 26 heavy (non-hydrogen) atoms. The molecule has 0 radical (unpaired) electrons. The first-order chi connectivity index (χ1) is 11.7. The molecule has 0 saturated carbocycles. The van der Waals surface area contributed by atoms with Crippen LogP contribution in [0.4, 0.5) is 5.69 Å². The summed E-state index contributed by atoms with van der Waals surface area (Å²) in [6, 6.07) is 11.1. The number of hydrogen-bond acceptors (Lipinski definition) is 5. The number of aromatic nitrogens is 1. The molecule has 8 heteroatoms. The van der Waals surface area contributed by atoms with E-state index in [-0.39, 0.29) is 30.7 Å². The van der Waals surface area contributed by atoms with Gasteiger partial charge in [-0.2, -0.15) is 0 Å². The lowest BCUT2D eigenvalue weighted by atomic mass is 9.90. The fourth-order valence-corrected chi connectivity index (χ4v) is 2.53. The molecule has 142 valence electrons. The number of nitrogens with one attached hydrogen (secondary N) is 1. The molecule has 1 aromatic carbocycles. The molecule has 3 rings (SSSR count). The average molecular weight is 400 g/mol. The van der Waals surface area contributed by atoms with Crippen molar-refractivity contribution < 1.29 is 14.3 Å². The third-order valence-corrected chi connectivity index (χ3v) is 4.06. The summed E-state index contributed by atoms with van der Waals surface area (Å²) >= 11 is 0. The number of nitrogens with zero attached hydrogens (tertiary/aromatic N) is 1. The van der Waals surface area contributed by atoms with E-state index in [1.54, 1.807) is 18.5 Å². The Balaban J connectivity index is 0.00000169. The van der Waals surface area contributed by atoms with E-state index < -0.39 is 5.54 Å². The van der Waals surface area contributed by atoms with Crippen LogP contribution in [0.15, 0.2) is 48.8 Å². The molecule has 2 heterocycles. The van der Waals surface area contributed by atoms with Gasteiger partial charge in [0.2, 0.25) is 5.91 Å². The molecule has 1 amide bonds. The minimum absolute atomic E-state index is 0. The number of carbonyl (C=O) groups excluding carboxylic acids is 1. The van der Waals surface area contributed by atoms with Gasteiger partial charge in [0.1, 0.15) is 17.9 Å². The molecule has 3 N–H and O–H groups in total. The van der Waals surface area contributed by atoms with Crippen LogP contribution in [0, 0.1) is 0 Å². The smallest absolute Gasteiger partial charge is 0.244 e. The predicted molar refractivity (Wildman–Crippen MR) is 105 cm³/mol. The van der Waals surface area contributed by atoms with Gasteiger partial charge in [0.25, 0.3) is 0 Å². The van der Waals surface area contributed by atoms with E-state index in [9.17, 15) is 4.79 Å². The first-order valence-corrected chi connectivity index (χ1v) is 7.96. The third-order valence-electron chi connectivity index (χ3n) is 4.06. The van der Waals surface area contributed by atoms with Gasteiger partial charge >= 0.3 is 0 Å². The van der Waals surface area contributed by atoms with Gasteiger partial charge in [-0.3, -0.25) is 9.78 Å². The number of carbonyl (C=O) groups is 1. The second kappa shape index (κ2) is 10.3. The molecule has 1 aromatic heterocycles. The fourth-order valence-electron chi connectivity index (χ4n) is 2.53. The summed E-state index contributed by atoms with van der Waals surface area (Å²) < 4.78 is 11.0. The molecular formula is C18H23Cl2N3O3. The molecule has 0 aliphatic carbocycles. The summed E-state index contributed by atoms with van der Waals surface area (Å²) in [5.74, 6) is 0.491. The second-order valence-corrected chi connectivity index (χ2v) is 5.90. The lowest BCUT2D eigenvalue weighted by Crippen LogP contribution is -2.54. The normalized spacial score (nSPS) is 15.1. The zero-order chi connectivity index (χ0) is 16.8. The number of ether oxygens (including phenoxy) is 2. The fraction of sp³-hybridized carbons (Fsp3) is 0.333. The van der Waals surface area contributed by atoms with Crippen molar-refractivity contribution in [3.63, 3.8) is 0 Å². The van der Waals surface area contributed by atoms with Crippen molar-refractivity contribution in [1.82, 2.24) is 4.98 Å². The van der Waals surface area contributed by atoms with Crippen LogP contribution in [0.2, 0.25) is 0 Å². The summed E-state index contributed by atoms with van der Waals surface area (Å²) in [4.78, 5) is 16.5. The van der Waals surface area contributed by atoms with Crippen molar-refractivity contribution in [2.45, 2.75) is 25.0 Å². The zero-order valence-corrected chi connectivity index (χ0v) is 15.9. The van der Waals surface area contributed by atoms with Crippen molar-refractivity contribution in [3.05, 3.63) is 54.4 Å². The minimum atomic E-state index is -0.870. The van der Waals surface area contributed by atoms with Crippen LogP contribution in [0.1, 0.15) is 18.4 Å². The highest BCUT2D eigenvalue weighted by Crippen LogP contribution is 2.23. The molecule has 1 fully saturated rings. The third kappa shape index (κ3) is 5.85. The standard InChI is InChI=1S/C18H21N3O3.2ClH/c19-18(6-9-23-10-7-18)17(22)21-15-4-1-5-16(11-15)24-13-14-3-2-8-20-12-14;;/h1-5,8,11-12H,6-7,9-10,13,19H2,(H,21,22);2*1H. The van der Waals surface area contributed by atoms with Gasteiger partial charge in [-0.1, -0.05) is 12.1 Å². The minimum Gasteiger partial charge on any atom is -0.489 e. The van der Waals surface area contributed by atoms with E-state index in [0.29, 0.717) is 44.1 Å². The Hall–Kier alpha value is -1.86. The lowest BCUT2D eigenvalue weighted by Gasteiger charge is -2.31. The molecule has 0 unspecified atom stereocenters. The predicted octanol–water partition coefficient (Wildman–Crippen LogP) is 2.95. The highest BCUT2D eigenvalue weighted by atomic mass is 35.5. The van der Waals surface area contributed by atoms with Crippen LogP contribution >= 0.6 is 24.8 Å². The van der Waals surface area contributed by atoms with E-state index in [4.69, 9.17) is 15.2 Å². The molecule has 0 bridgehead atoms. The highest BCUT2D eigenvalue weighted by molar-refractivity contribution is 5.98. The molecule has 6 nitrogen and oxygen atoms in total.